The number of amides is 1. The van der Waals surface area contributed by atoms with Crippen LogP contribution in [0.3, 0.4) is 0 Å². The van der Waals surface area contributed by atoms with Gasteiger partial charge in [0.1, 0.15) is 17.1 Å². The third kappa shape index (κ3) is 5.71. The average molecular weight is 500 g/mol. The Kier molecular flexibility index (Phi) is 7.73. The lowest BCUT2D eigenvalue weighted by Crippen LogP contribution is -2.21. The SMILES string of the molecule is COCCCOc1cc(-c2ccc[nH]c2=O)ccc1-n1cc(CNC(=O)c2ccc(Cl)s2)nn1. The van der Waals surface area contributed by atoms with Crippen molar-refractivity contribution in [2.24, 2.45) is 0 Å². The van der Waals surface area contributed by atoms with E-state index >= 15 is 0 Å². The molecule has 0 saturated heterocycles. The number of hydrogen-bond donors (Lipinski definition) is 2. The number of pyridine rings is 1. The molecule has 0 aliphatic rings. The number of rotatable bonds is 10. The van der Waals surface area contributed by atoms with Gasteiger partial charge in [-0.05, 0) is 42.0 Å². The summed E-state index contributed by atoms with van der Waals surface area (Å²) >= 11 is 7.10. The number of nitrogens with zero attached hydrogens (tertiary/aromatic N) is 3. The summed E-state index contributed by atoms with van der Waals surface area (Å²) in [5.74, 6) is 0.316. The van der Waals surface area contributed by atoms with Crippen LogP contribution in [0.1, 0.15) is 21.8 Å². The van der Waals surface area contributed by atoms with Gasteiger partial charge >= 0.3 is 0 Å². The number of carbonyl (C=O) groups is 1. The third-order valence-electron chi connectivity index (χ3n) is 4.85. The van der Waals surface area contributed by atoms with Gasteiger partial charge < -0.3 is 19.8 Å². The number of ether oxygens (including phenoxy) is 2. The standard InChI is InChI=1S/C23H22ClN5O4S/c1-32-10-3-11-33-19-12-15(17-4-2-9-25-22(17)30)5-6-18(19)29-14-16(27-28-29)13-26-23(31)20-7-8-21(24)34-20/h2,4-9,12,14H,3,10-11,13H2,1H3,(H,25,30)(H,26,31). The molecule has 0 aliphatic heterocycles. The molecule has 9 nitrogen and oxygen atoms in total. The third-order valence-corrected chi connectivity index (χ3v) is 6.08. The van der Waals surface area contributed by atoms with Gasteiger partial charge in [0.15, 0.2) is 0 Å². The summed E-state index contributed by atoms with van der Waals surface area (Å²) < 4.78 is 13.2. The smallest absolute Gasteiger partial charge is 0.261 e. The minimum atomic E-state index is -0.231. The Labute approximate surface area is 204 Å². The second-order valence-electron chi connectivity index (χ2n) is 7.23. The Morgan fingerprint density at radius 3 is 2.88 bits per heavy atom. The highest BCUT2D eigenvalue weighted by Crippen LogP contribution is 2.28. The maximum absolute atomic E-state index is 12.3. The van der Waals surface area contributed by atoms with Crippen LogP contribution in [-0.2, 0) is 11.3 Å². The van der Waals surface area contributed by atoms with Crippen LogP contribution in [0.2, 0.25) is 4.34 Å². The van der Waals surface area contributed by atoms with Crippen molar-refractivity contribution in [1.82, 2.24) is 25.3 Å². The van der Waals surface area contributed by atoms with Crippen LogP contribution in [0.4, 0.5) is 0 Å². The van der Waals surface area contributed by atoms with Gasteiger partial charge in [-0.25, -0.2) is 4.68 Å². The lowest BCUT2D eigenvalue weighted by atomic mass is 10.1. The first-order chi connectivity index (χ1) is 16.5. The number of H-pyrrole nitrogens is 1. The van der Waals surface area contributed by atoms with Gasteiger partial charge in [0.2, 0.25) is 0 Å². The van der Waals surface area contributed by atoms with Gasteiger partial charge in [-0.3, -0.25) is 9.59 Å². The Bertz CT molecular complexity index is 1330. The Hall–Kier alpha value is -3.47. The second kappa shape index (κ2) is 11.1. The largest absolute Gasteiger partial charge is 0.491 e. The average Bonchev–Trinajstić information content (AvgIpc) is 3.50. The van der Waals surface area contributed by atoms with E-state index in [-0.39, 0.29) is 18.0 Å². The van der Waals surface area contributed by atoms with Gasteiger partial charge in [0, 0.05) is 31.9 Å². The molecule has 1 amide bonds. The fraction of sp³-hybridized carbons (Fsp3) is 0.217. The fourth-order valence-electron chi connectivity index (χ4n) is 3.21. The van der Waals surface area contributed by atoms with Crippen molar-refractivity contribution < 1.29 is 14.3 Å². The number of nitrogens with one attached hydrogen (secondary N) is 2. The number of aromatic amines is 1. The van der Waals surface area contributed by atoms with Crippen molar-refractivity contribution in [2.75, 3.05) is 20.3 Å². The minimum absolute atomic E-state index is 0.189. The Morgan fingerprint density at radius 1 is 1.24 bits per heavy atom. The molecule has 3 aromatic heterocycles. The van der Waals surface area contributed by atoms with Crippen LogP contribution in [-0.4, -0.2) is 46.2 Å². The molecule has 176 valence electrons. The monoisotopic (exact) mass is 499 g/mol. The van der Waals surface area contributed by atoms with E-state index in [2.05, 4.69) is 20.6 Å². The number of benzene rings is 1. The molecule has 11 heteroatoms. The van der Waals surface area contributed by atoms with Crippen LogP contribution in [0, 0.1) is 0 Å². The molecule has 0 atom stereocenters. The van der Waals surface area contributed by atoms with Crippen molar-refractivity contribution in [3.05, 3.63) is 80.1 Å². The first kappa shape index (κ1) is 23.7. The molecule has 2 N–H and O–H groups in total. The molecule has 0 saturated carbocycles. The Morgan fingerprint density at radius 2 is 2.12 bits per heavy atom. The first-order valence-corrected chi connectivity index (χ1v) is 11.6. The summed E-state index contributed by atoms with van der Waals surface area (Å²) in [4.78, 5) is 27.7. The predicted octanol–water partition coefficient (Wildman–Crippen LogP) is 3.68. The van der Waals surface area contributed by atoms with Gasteiger partial charge in [0.05, 0.1) is 28.6 Å². The number of thiophene rings is 1. The molecule has 0 radical (unpaired) electrons. The van der Waals surface area contributed by atoms with Crippen LogP contribution in [0.15, 0.2) is 59.7 Å². The van der Waals surface area contributed by atoms with Crippen LogP contribution in [0.25, 0.3) is 16.8 Å². The molecular formula is C23H22ClN5O4S. The lowest BCUT2D eigenvalue weighted by Gasteiger charge is -2.13. The van der Waals surface area contributed by atoms with E-state index in [9.17, 15) is 9.59 Å². The molecule has 0 spiro atoms. The number of hydrogen-bond acceptors (Lipinski definition) is 7. The maximum Gasteiger partial charge on any atom is 0.261 e. The van der Waals surface area contributed by atoms with Crippen molar-refractivity contribution >= 4 is 28.8 Å². The number of halogens is 1. The molecule has 4 aromatic rings. The minimum Gasteiger partial charge on any atom is -0.491 e. The maximum atomic E-state index is 12.3. The summed E-state index contributed by atoms with van der Waals surface area (Å²) in [5, 5.41) is 11.2. The van der Waals surface area contributed by atoms with Crippen molar-refractivity contribution in [2.45, 2.75) is 13.0 Å². The second-order valence-corrected chi connectivity index (χ2v) is 8.95. The predicted molar refractivity (Wildman–Crippen MR) is 130 cm³/mol. The van der Waals surface area contributed by atoms with E-state index < -0.39 is 0 Å². The molecule has 0 bridgehead atoms. The van der Waals surface area contributed by atoms with E-state index in [0.29, 0.717) is 51.5 Å². The van der Waals surface area contributed by atoms with Crippen LogP contribution >= 0.6 is 22.9 Å². The lowest BCUT2D eigenvalue weighted by molar-refractivity contribution is 0.0954. The van der Waals surface area contributed by atoms with Crippen molar-refractivity contribution in [3.63, 3.8) is 0 Å². The van der Waals surface area contributed by atoms with E-state index in [1.807, 2.05) is 12.1 Å². The highest BCUT2D eigenvalue weighted by Gasteiger charge is 2.14. The number of aromatic nitrogens is 4. The zero-order chi connectivity index (χ0) is 23.9. The van der Waals surface area contributed by atoms with E-state index in [0.717, 1.165) is 5.56 Å². The molecular weight excluding hydrogens is 478 g/mol. The quantitative estimate of drug-likeness (QED) is 0.322. The molecule has 4 rings (SSSR count). The van der Waals surface area contributed by atoms with Crippen LogP contribution in [0.5, 0.6) is 5.75 Å². The number of methoxy groups -OCH3 is 1. The molecule has 3 heterocycles. The zero-order valence-corrected chi connectivity index (χ0v) is 19.9. The summed E-state index contributed by atoms with van der Waals surface area (Å²) in [5.41, 5.74) is 2.29. The van der Waals surface area contributed by atoms with Crippen molar-refractivity contribution in [1.29, 1.82) is 0 Å². The molecule has 0 unspecified atom stereocenters. The summed E-state index contributed by atoms with van der Waals surface area (Å²) in [6.07, 6.45) is 4.01. The summed E-state index contributed by atoms with van der Waals surface area (Å²) in [6.45, 7) is 1.20. The normalized spacial score (nSPS) is 10.9. The topological polar surface area (TPSA) is 111 Å². The zero-order valence-electron chi connectivity index (χ0n) is 18.3. The fourth-order valence-corrected chi connectivity index (χ4v) is 4.17. The molecule has 1 aromatic carbocycles. The van der Waals surface area contributed by atoms with E-state index in [1.54, 1.807) is 54.5 Å². The van der Waals surface area contributed by atoms with Gasteiger partial charge in [-0.2, -0.15) is 0 Å². The van der Waals surface area contributed by atoms with Gasteiger partial charge in [0.25, 0.3) is 11.5 Å². The van der Waals surface area contributed by atoms with Crippen molar-refractivity contribution in [3.8, 4) is 22.6 Å². The molecule has 0 fully saturated rings. The van der Waals surface area contributed by atoms with Crippen LogP contribution < -0.4 is 15.6 Å². The molecule has 34 heavy (non-hydrogen) atoms. The first-order valence-electron chi connectivity index (χ1n) is 10.4. The summed E-state index contributed by atoms with van der Waals surface area (Å²) in [6, 6.07) is 12.3. The Balaban J connectivity index is 1.55. The summed E-state index contributed by atoms with van der Waals surface area (Å²) in [7, 11) is 1.64. The van der Waals surface area contributed by atoms with E-state index in [4.69, 9.17) is 21.1 Å². The molecule has 0 aliphatic carbocycles. The number of carbonyl (C=O) groups excluding carboxylic acids is 1. The highest BCUT2D eigenvalue weighted by atomic mass is 35.5. The highest BCUT2D eigenvalue weighted by molar-refractivity contribution is 7.17. The van der Waals surface area contributed by atoms with Gasteiger partial charge in [-0.15, -0.1) is 16.4 Å². The van der Waals surface area contributed by atoms with E-state index in [1.165, 1.54) is 11.3 Å². The van der Waals surface area contributed by atoms with Gasteiger partial charge in [-0.1, -0.05) is 22.9 Å².